The maximum absolute atomic E-state index is 10.3. The molecule has 0 fully saturated rings. The van der Waals surface area contributed by atoms with Gasteiger partial charge in [0.25, 0.3) is 0 Å². The Morgan fingerprint density at radius 1 is 1.26 bits per heavy atom. The second-order valence-electron chi connectivity index (χ2n) is 6.10. The van der Waals surface area contributed by atoms with Crippen molar-refractivity contribution in [2.75, 3.05) is 0 Å². The minimum Gasteiger partial charge on any atom is -0.388 e. The number of nitrogens with zero attached hydrogens (tertiary/aromatic N) is 1. The fourth-order valence-electron chi connectivity index (χ4n) is 3.00. The first-order valence-corrected chi connectivity index (χ1v) is 7.69. The lowest BCUT2D eigenvalue weighted by Gasteiger charge is -2.34. The molecule has 3 heteroatoms. The zero-order valence-corrected chi connectivity index (χ0v) is 13.4. The van der Waals surface area contributed by atoms with Gasteiger partial charge in [0.15, 0.2) is 0 Å². The molecule has 1 N–H and O–H groups in total. The van der Waals surface area contributed by atoms with Crippen LogP contribution in [0.3, 0.4) is 0 Å². The molecule has 0 radical (unpaired) electrons. The van der Waals surface area contributed by atoms with E-state index in [1.807, 2.05) is 0 Å². The lowest BCUT2D eigenvalue weighted by molar-refractivity contribution is 0.0987. The number of halogens is 1. The second kappa shape index (κ2) is 4.63. The molecule has 1 atom stereocenters. The first-order chi connectivity index (χ1) is 8.98. The number of benzene rings is 1. The van der Waals surface area contributed by atoms with Crippen molar-refractivity contribution in [1.82, 2.24) is 4.57 Å². The number of aromatic nitrogens is 1. The summed E-state index contributed by atoms with van der Waals surface area (Å²) in [6, 6.07) is 10.4. The Hall–Kier alpha value is -0.810. The summed E-state index contributed by atoms with van der Waals surface area (Å²) < 4.78 is 3.47. The van der Waals surface area contributed by atoms with Crippen LogP contribution in [-0.2, 0) is 6.42 Å². The van der Waals surface area contributed by atoms with E-state index in [0.29, 0.717) is 0 Å². The van der Waals surface area contributed by atoms with Crippen LogP contribution in [0, 0.1) is 8.99 Å². The Balaban J connectivity index is 2.14. The molecule has 2 nitrogen and oxygen atoms in total. The van der Waals surface area contributed by atoms with Gasteiger partial charge in [-0.25, -0.2) is 0 Å². The van der Waals surface area contributed by atoms with Crippen molar-refractivity contribution in [2.24, 2.45) is 5.41 Å². The third-order valence-corrected chi connectivity index (χ3v) is 4.80. The van der Waals surface area contributed by atoms with Gasteiger partial charge in [-0.3, -0.25) is 0 Å². The summed E-state index contributed by atoms with van der Waals surface area (Å²) >= 11 is 2.37. The van der Waals surface area contributed by atoms with E-state index in [0.717, 1.165) is 18.4 Å². The van der Waals surface area contributed by atoms with Crippen LogP contribution in [0.4, 0.5) is 0 Å². The van der Waals surface area contributed by atoms with Crippen LogP contribution in [-0.4, -0.2) is 9.67 Å². The Kier molecular flexibility index (Phi) is 3.21. The molecule has 1 aromatic carbocycles. The van der Waals surface area contributed by atoms with Gasteiger partial charge in [-0.15, -0.1) is 0 Å². The van der Waals surface area contributed by atoms with E-state index >= 15 is 0 Å². The molecule has 1 aliphatic rings. The van der Waals surface area contributed by atoms with E-state index in [2.05, 4.69) is 77.5 Å². The van der Waals surface area contributed by atoms with Crippen LogP contribution in [0.2, 0.25) is 0 Å². The summed E-state index contributed by atoms with van der Waals surface area (Å²) in [6.45, 7) is 4.46. The molecule has 0 saturated carbocycles. The number of aliphatic hydroxyl groups excluding tert-OH is 1. The smallest absolute Gasteiger partial charge is 0.0812 e. The quantitative estimate of drug-likeness (QED) is 0.755. The summed E-state index contributed by atoms with van der Waals surface area (Å²) in [4.78, 5) is 0. The largest absolute Gasteiger partial charge is 0.388 e. The molecule has 2 aromatic rings. The third kappa shape index (κ3) is 2.34. The fraction of sp³-hybridized carbons (Fsp3) is 0.375. The van der Waals surface area contributed by atoms with Crippen LogP contribution in [0.15, 0.2) is 36.5 Å². The van der Waals surface area contributed by atoms with Crippen molar-refractivity contribution in [2.45, 2.75) is 32.8 Å². The van der Waals surface area contributed by atoms with Gasteiger partial charge in [0, 0.05) is 21.0 Å². The molecule has 1 aromatic heterocycles. The number of hydrogen-bond acceptors (Lipinski definition) is 1. The van der Waals surface area contributed by atoms with Crippen molar-refractivity contribution in [3.8, 4) is 5.69 Å². The van der Waals surface area contributed by atoms with E-state index in [9.17, 15) is 5.11 Å². The number of fused-ring (bicyclic) bond motifs is 1. The van der Waals surface area contributed by atoms with Crippen LogP contribution in [0.25, 0.3) is 5.69 Å². The van der Waals surface area contributed by atoms with E-state index in [1.165, 1.54) is 15.0 Å². The molecule has 0 bridgehead atoms. The zero-order chi connectivity index (χ0) is 13.6. The van der Waals surface area contributed by atoms with Crippen molar-refractivity contribution < 1.29 is 5.11 Å². The van der Waals surface area contributed by atoms with Gasteiger partial charge in [0.2, 0.25) is 0 Å². The van der Waals surface area contributed by atoms with Crippen molar-refractivity contribution in [1.29, 1.82) is 0 Å². The van der Waals surface area contributed by atoms with Gasteiger partial charge in [0.1, 0.15) is 0 Å². The summed E-state index contributed by atoms with van der Waals surface area (Å²) in [5, 5.41) is 10.3. The maximum atomic E-state index is 10.3. The number of para-hydroxylation sites is 1. The number of hydrogen-bond donors (Lipinski definition) is 1. The highest BCUT2D eigenvalue weighted by atomic mass is 127. The van der Waals surface area contributed by atoms with Gasteiger partial charge in [0.05, 0.1) is 11.8 Å². The summed E-state index contributed by atoms with van der Waals surface area (Å²) in [5.74, 6) is 0. The Bertz CT molecular complexity index is 615. The first kappa shape index (κ1) is 13.2. The standard InChI is InChI=1S/C16H18INO/c1-16(2)9-14-11(15(19)10-16)7-8-18(14)13-6-4-3-5-12(13)17/h3-8,15,19H,9-10H2,1-2H3. The monoisotopic (exact) mass is 367 g/mol. The van der Waals surface area contributed by atoms with Gasteiger partial charge in [-0.05, 0) is 59.0 Å². The molecule has 3 rings (SSSR count). The predicted molar refractivity (Wildman–Crippen MR) is 85.5 cm³/mol. The minimum atomic E-state index is -0.332. The lowest BCUT2D eigenvalue weighted by Crippen LogP contribution is -2.26. The first-order valence-electron chi connectivity index (χ1n) is 6.61. The molecule has 0 amide bonds. The maximum Gasteiger partial charge on any atom is 0.0812 e. The summed E-state index contributed by atoms with van der Waals surface area (Å²) in [7, 11) is 0. The third-order valence-electron chi connectivity index (χ3n) is 3.89. The normalized spacial score (nSPS) is 21.2. The van der Waals surface area contributed by atoms with Crippen LogP contribution in [0.1, 0.15) is 37.6 Å². The zero-order valence-electron chi connectivity index (χ0n) is 11.2. The molecule has 0 spiro atoms. The molecule has 1 heterocycles. The van der Waals surface area contributed by atoms with Crippen molar-refractivity contribution in [3.05, 3.63) is 51.4 Å². The number of aliphatic hydroxyl groups is 1. The Morgan fingerprint density at radius 3 is 2.74 bits per heavy atom. The summed E-state index contributed by atoms with van der Waals surface area (Å²) in [6.07, 6.45) is 3.61. The molecule has 1 unspecified atom stereocenters. The molecule has 100 valence electrons. The highest BCUT2D eigenvalue weighted by Crippen LogP contribution is 2.42. The minimum absolute atomic E-state index is 0.155. The second-order valence-corrected chi connectivity index (χ2v) is 7.26. The van der Waals surface area contributed by atoms with E-state index in [4.69, 9.17) is 0 Å². The molecular weight excluding hydrogens is 349 g/mol. The SMILES string of the molecule is CC1(C)Cc2c(ccn2-c2ccccc2I)C(O)C1. The molecule has 0 saturated heterocycles. The van der Waals surface area contributed by atoms with Crippen molar-refractivity contribution in [3.63, 3.8) is 0 Å². The Morgan fingerprint density at radius 2 is 2.00 bits per heavy atom. The number of rotatable bonds is 1. The van der Waals surface area contributed by atoms with Crippen LogP contribution >= 0.6 is 22.6 Å². The predicted octanol–water partition coefficient (Wildman–Crippen LogP) is 4.09. The van der Waals surface area contributed by atoms with Crippen LogP contribution < -0.4 is 0 Å². The van der Waals surface area contributed by atoms with E-state index in [1.54, 1.807) is 0 Å². The van der Waals surface area contributed by atoms with Gasteiger partial charge in [-0.1, -0.05) is 26.0 Å². The van der Waals surface area contributed by atoms with E-state index in [-0.39, 0.29) is 11.5 Å². The average molecular weight is 367 g/mol. The Labute approximate surface area is 127 Å². The molecular formula is C16H18INO. The fourth-order valence-corrected chi connectivity index (χ4v) is 3.65. The molecule has 1 aliphatic carbocycles. The van der Waals surface area contributed by atoms with Gasteiger partial charge < -0.3 is 9.67 Å². The van der Waals surface area contributed by atoms with Crippen molar-refractivity contribution >= 4 is 22.6 Å². The van der Waals surface area contributed by atoms with Gasteiger partial charge in [-0.2, -0.15) is 0 Å². The molecule has 19 heavy (non-hydrogen) atoms. The highest BCUT2D eigenvalue weighted by Gasteiger charge is 2.33. The highest BCUT2D eigenvalue weighted by molar-refractivity contribution is 14.1. The lowest BCUT2D eigenvalue weighted by atomic mass is 9.75. The topological polar surface area (TPSA) is 25.2 Å². The molecule has 0 aliphatic heterocycles. The summed E-state index contributed by atoms with van der Waals surface area (Å²) in [5.41, 5.74) is 3.71. The van der Waals surface area contributed by atoms with Crippen LogP contribution in [0.5, 0.6) is 0 Å². The van der Waals surface area contributed by atoms with Gasteiger partial charge >= 0.3 is 0 Å². The average Bonchev–Trinajstić information content (AvgIpc) is 2.72. The van der Waals surface area contributed by atoms with E-state index < -0.39 is 0 Å².